The summed E-state index contributed by atoms with van der Waals surface area (Å²) >= 11 is 6.11. The number of carboxylic acids is 1. The number of hydrogen-bond donors (Lipinski definition) is 1. The summed E-state index contributed by atoms with van der Waals surface area (Å²) in [4.78, 5) is 15.1. The zero-order valence-electron chi connectivity index (χ0n) is 10.3. The number of benzene rings is 2. The lowest BCUT2D eigenvalue weighted by Crippen LogP contribution is -1.99. The third-order valence-corrected chi connectivity index (χ3v) is 3.24. The van der Waals surface area contributed by atoms with Gasteiger partial charge in [0.15, 0.2) is 5.58 Å². The van der Waals surface area contributed by atoms with Crippen LogP contribution in [0.4, 0.5) is 0 Å². The van der Waals surface area contributed by atoms with Crippen LogP contribution in [0.5, 0.6) is 0 Å². The molecule has 3 aromatic rings. The van der Waals surface area contributed by atoms with E-state index in [2.05, 4.69) is 4.98 Å². The summed E-state index contributed by atoms with van der Waals surface area (Å²) in [5.41, 5.74) is 2.62. The van der Waals surface area contributed by atoms with Crippen molar-refractivity contribution in [2.45, 2.75) is 6.42 Å². The number of carboxylic acid groups (broad SMARTS) is 1. The van der Waals surface area contributed by atoms with Gasteiger partial charge in [-0.25, -0.2) is 4.98 Å². The third-order valence-electron chi connectivity index (χ3n) is 2.91. The minimum atomic E-state index is -0.879. The Balaban J connectivity index is 2.07. The second kappa shape index (κ2) is 4.98. The Morgan fingerprint density at radius 3 is 2.80 bits per heavy atom. The van der Waals surface area contributed by atoms with Crippen molar-refractivity contribution in [1.82, 2.24) is 4.98 Å². The average molecular weight is 288 g/mol. The molecule has 2 aromatic carbocycles. The number of fused-ring (bicyclic) bond motifs is 1. The number of rotatable bonds is 3. The summed E-state index contributed by atoms with van der Waals surface area (Å²) in [6, 6.07) is 12.4. The number of hydrogen-bond acceptors (Lipinski definition) is 3. The first-order chi connectivity index (χ1) is 9.63. The molecule has 0 aliphatic carbocycles. The monoisotopic (exact) mass is 287 g/mol. The molecule has 1 aromatic heterocycles. The Labute approximate surface area is 119 Å². The predicted octanol–water partition coefficient (Wildman–Crippen LogP) is 3.78. The number of nitrogens with zero attached hydrogens (tertiary/aromatic N) is 1. The lowest BCUT2D eigenvalue weighted by molar-refractivity contribution is -0.136. The van der Waals surface area contributed by atoms with Crippen LogP contribution in [0.1, 0.15) is 5.56 Å². The normalized spacial score (nSPS) is 10.8. The molecular formula is C15H10ClNO3. The van der Waals surface area contributed by atoms with Gasteiger partial charge in [0.25, 0.3) is 0 Å². The van der Waals surface area contributed by atoms with Gasteiger partial charge in [0.05, 0.1) is 17.0 Å². The van der Waals surface area contributed by atoms with Crippen LogP contribution in [-0.4, -0.2) is 16.1 Å². The van der Waals surface area contributed by atoms with Gasteiger partial charge in [-0.05, 0) is 29.8 Å². The van der Waals surface area contributed by atoms with Gasteiger partial charge >= 0.3 is 5.97 Å². The molecule has 5 heteroatoms. The van der Waals surface area contributed by atoms with Crippen LogP contribution in [0.3, 0.4) is 0 Å². The van der Waals surface area contributed by atoms with Gasteiger partial charge in [0, 0.05) is 0 Å². The summed E-state index contributed by atoms with van der Waals surface area (Å²) in [6.07, 6.45) is -0.0436. The highest BCUT2D eigenvalue weighted by molar-refractivity contribution is 6.33. The fourth-order valence-electron chi connectivity index (χ4n) is 2.00. The van der Waals surface area contributed by atoms with E-state index in [1.54, 1.807) is 24.3 Å². The molecule has 20 heavy (non-hydrogen) atoms. The molecule has 0 aliphatic heterocycles. The van der Waals surface area contributed by atoms with Crippen molar-refractivity contribution in [2.24, 2.45) is 0 Å². The molecule has 0 unspecified atom stereocenters. The van der Waals surface area contributed by atoms with Gasteiger partial charge < -0.3 is 9.52 Å². The summed E-state index contributed by atoms with van der Waals surface area (Å²) in [7, 11) is 0. The lowest BCUT2D eigenvalue weighted by atomic mass is 10.1. The van der Waals surface area contributed by atoms with E-state index in [1.807, 2.05) is 18.2 Å². The van der Waals surface area contributed by atoms with E-state index in [0.717, 1.165) is 0 Å². The molecule has 0 radical (unpaired) electrons. The molecule has 0 spiro atoms. The first-order valence-electron chi connectivity index (χ1n) is 5.99. The summed E-state index contributed by atoms with van der Waals surface area (Å²) < 4.78 is 5.67. The van der Waals surface area contributed by atoms with Gasteiger partial charge in [-0.2, -0.15) is 0 Å². The SMILES string of the molecule is O=C(O)Cc1ccc2nc(-c3ccccc3Cl)oc2c1. The second-order valence-electron chi connectivity index (χ2n) is 4.37. The van der Waals surface area contributed by atoms with E-state index in [1.165, 1.54) is 0 Å². The van der Waals surface area contributed by atoms with Crippen LogP contribution in [0.15, 0.2) is 46.9 Å². The van der Waals surface area contributed by atoms with E-state index in [4.69, 9.17) is 21.1 Å². The van der Waals surface area contributed by atoms with Gasteiger partial charge in [0.1, 0.15) is 5.52 Å². The molecule has 0 aliphatic rings. The van der Waals surface area contributed by atoms with Crippen LogP contribution in [0.25, 0.3) is 22.6 Å². The number of carbonyl (C=O) groups is 1. The van der Waals surface area contributed by atoms with Gasteiger partial charge in [0.2, 0.25) is 5.89 Å². The minimum absolute atomic E-state index is 0.0436. The molecular weight excluding hydrogens is 278 g/mol. The molecule has 0 saturated carbocycles. The van der Waals surface area contributed by atoms with Crippen molar-refractivity contribution in [3.8, 4) is 11.5 Å². The molecule has 100 valence electrons. The third kappa shape index (κ3) is 2.38. The maximum Gasteiger partial charge on any atom is 0.307 e. The van der Waals surface area contributed by atoms with Crippen molar-refractivity contribution >= 4 is 28.7 Å². The highest BCUT2D eigenvalue weighted by Gasteiger charge is 2.12. The van der Waals surface area contributed by atoms with Crippen LogP contribution >= 0.6 is 11.6 Å². The van der Waals surface area contributed by atoms with Crippen molar-refractivity contribution in [2.75, 3.05) is 0 Å². The topological polar surface area (TPSA) is 63.3 Å². The number of halogens is 1. The number of aliphatic carboxylic acids is 1. The fourth-order valence-corrected chi connectivity index (χ4v) is 2.22. The highest BCUT2D eigenvalue weighted by atomic mass is 35.5. The largest absolute Gasteiger partial charge is 0.481 e. The second-order valence-corrected chi connectivity index (χ2v) is 4.78. The molecule has 0 amide bonds. The van der Waals surface area contributed by atoms with Crippen LogP contribution in [0.2, 0.25) is 5.02 Å². The molecule has 0 saturated heterocycles. The van der Waals surface area contributed by atoms with Crippen molar-refractivity contribution in [3.63, 3.8) is 0 Å². The average Bonchev–Trinajstić information content (AvgIpc) is 2.81. The minimum Gasteiger partial charge on any atom is -0.481 e. The van der Waals surface area contributed by atoms with Gasteiger partial charge in [-0.3, -0.25) is 4.79 Å². The van der Waals surface area contributed by atoms with E-state index in [9.17, 15) is 4.79 Å². The van der Waals surface area contributed by atoms with Crippen LogP contribution < -0.4 is 0 Å². The molecule has 3 rings (SSSR count). The Morgan fingerprint density at radius 2 is 2.05 bits per heavy atom. The van der Waals surface area contributed by atoms with Gasteiger partial charge in [-0.15, -0.1) is 0 Å². The molecule has 1 heterocycles. The smallest absolute Gasteiger partial charge is 0.307 e. The van der Waals surface area contributed by atoms with Crippen molar-refractivity contribution < 1.29 is 14.3 Å². The fraction of sp³-hybridized carbons (Fsp3) is 0.0667. The van der Waals surface area contributed by atoms with Crippen molar-refractivity contribution in [3.05, 3.63) is 53.1 Å². The summed E-state index contributed by atoms with van der Waals surface area (Å²) in [6.45, 7) is 0. The maximum absolute atomic E-state index is 10.7. The van der Waals surface area contributed by atoms with Gasteiger partial charge in [-0.1, -0.05) is 29.8 Å². The predicted molar refractivity (Wildman–Crippen MR) is 75.8 cm³/mol. The van der Waals surface area contributed by atoms with Crippen molar-refractivity contribution in [1.29, 1.82) is 0 Å². The number of oxazole rings is 1. The Kier molecular flexibility index (Phi) is 3.16. The van der Waals surface area contributed by atoms with E-state index >= 15 is 0 Å². The zero-order chi connectivity index (χ0) is 14.1. The zero-order valence-corrected chi connectivity index (χ0v) is 11.1. The Hall–Kier alpha value is -2.33. The molecule has 4 nitrogen and oxygen atoms in total. The Morgan fingerprint density at radius 1 is 1.25 bits per heavy atom. The van der Waals surface area contributed by atoms with E-state index in [-0.39, 0.29) is 6.42 Å². The summed E-state index contributed by atoms with van der Waals surface area (Å²) in [5.74, 6) is -0.451. The maximum atomic E-state index is 10.7. The highest BCUT2D eigenvalue weighted by Crippen LogP contribution is 2.30. The van der Waals surface area contributed by atoms with E-state index in [0.29, 0.717) is 33.1 Å². The molecule has 0 bridgehead atoms. The Bertz CT molecular complexity index is 795. The first kappa shape index (κ1) is 12.7. The molecule has 0 atom stereocenters. The standard InChI is InChI=1S/C15H10ClNO3/c16-11-4-2-1-3-10(11)15-17-12-6-5-9(8-14(18)19)7-13(12)20-15/h1-7H,8H2,(H,18,19). The summed E-state index contributed by atoms with van der Waals surface area (Å²) in [5, 5.41) is 9.35. The molecule has 1 N–H and O–H groups in total. The molecule has 0 fully saturated rings. The van der Waals surface area contributed by atoms with E-state index < -0.39 is 5.97 Å². The van der Waals surface area contributed by atoms with Crippen LogP contribution in [-0.2, 0) is 11.2 Å². The quantitative estimate of drug-likeness (QED) is 0.796. The lowest BCUT2D eigenvalue weighted by Gasteiger charge is -1.97. The number of aromatic nitrogens is 1. The first-order valence-corrected chi connectivity index (χ1v) is 6.37. The van der Waals surface area contributed by atoms with Crippen LogP contribution in [0, 0.1) is 0 Å².